The number of nitrogens with one attached hydrogen (secondary N) is 1. The molecule has 2 rings (SSSR count). The van der Waals surface area contributed by atoms with Crippen LogP contribution < -0.4 is 10.1 Å². The number of aryl methyl sites for hydroxylation is 1. The highest BCUT2D eigenvalue weighted by Crippen LogP contribution is 2.30. The molecule has 2 aromatic rings. The predicted molar refractivity (Wildman–Crippen MR) is 89.8 cm³/mol. The van der Waals surface area contributed by atoms with E-state index in [2.05, 4.69) is 10.3 Å². The van der Waals surface area contributed by atoms with Crippen LogP contribution in [0, 0.1) is 11.6 Å². The minimum atomic E-state index is -1.01. The van der Waals surface area contributed by atoms with Crippen LogP contribution in [-0.4, -0.2) is 34.9 Å². The fourth-order valence-corrected chi connectivity index (χ4v) is 2.50. The molecular weight excluding hydrogens is 332 g/mol. The van der Waals surface area contributed by atoms with Gasteiger partial charge in [0.25, 0.3) is 0 Å². The molecule has 6 nitrogen and oxygen atoms in total. The van der Waals surface area contributed by atoms with Crippen molar-refractivity contribution in [2.75, 3.05) is 13.7 Å². The minimum absolute atomic E-state index is 0.0275. The zero-order valence-corrected chi connectivity index (χ0v) is 15.1. The van der Waals surface area contributed by atoms with Gasteiger partial charge in [0, 0.05) is 25.6 Å². The molecule has 0 saturated carbocycles. The van der Waals surface area contributed by atoms with Crippen molar-refractivity contribution in [1.82, 2.24) is 14.9 Å². The van der Waals surface area contributed by atoms with Crippen molar-refractivity contribution in [2.24, 2.45) is 0 Å². The number of rotatable bonds is 5. The van der Waals surface area contributed by atoms with Crippen LogP contribution >= 0.6 is 0 Å². The number of methoxy groups -OCH3 is 1. The Hall–Kier alpha value is -2.38. The number of benzene rings is 1. The number of fused-ring (bicyclic) bond motifs is 1. The first-order valence-electron chi connectivity index (χ1n) is 8.05. The maximum absolute atomic E-state index is 14.3. The fourth-order valence-electron chi connectivity index (χ4n) is 2.50. The lowest BCUT2D eigenvalue weighted by Gasteiger charge is -2.20. The Labute approximate surface area is 145 Å². The summed E-state index contributed by atoms with van der Waals surface area (Å²) in [6.45, 7) is 7.55. The fraction of sp³-hybridized carbons (Fsp3) is 0.529. The molecule has 1 amide bonds. The van der Waals surface area contributed by atoms with Crippen molar-refractivity contribution in [3.63, 3.8) is 0 Å². The van der Waals surface area contributed by atoms with E-state index < -0.39 is 23.3 Å². The molecule has 0 bridgehead atoms. The lowest BCUT2D eigenvalue weighted by atomic mass is 10.2. The zero-order chi connectivity index (χ0) is 18.8. The number of imidazole rings is 1. The van der Waals surface area contributed by atoms with Gasteiger partial charge in [-0.2, -0.15) is 0 Å². The quantitative estimate of drug-likeness (QED) is 0.893. The summed E-state index contributed by atoms with van der Waals surface area (Å²) in [4.78, 5) is 16.1. The summed E-state index contributed by atoms with van der Waals surface area (Å²) in [7, 11) is 1.38. The highest BCUT2D eigenvalue weighted by atomic mass is 19.2. The SMILES string of the molecule is CCc1nc2c(OC)cc(F)c(F)c2n1CCNC(=O)OC(C)(C)C. The van der Waals surface area contributed by atoms with Crippen LogP contribution in [-0.2, 0) is 17.7 Å². The average molecular weight is 355 g/mol. The van der Waals surface area contributed by atoms with Gasteiger partial charge in [-0.3, -0.25) is 0 Å². The van der Waals surface area contributed by atoms with Crippen molar-refractivity contribution in [1.29, 1.82) is 0 Å². The third-order valence-electron chi connectivity index (χ3n) is 3.50. The summed E-state index contributed by atoms with van der Waals surface area (Å²) in [5.41, 5.74) is -0.321. The molecule has 0 aliphatic carbocycles. The van der Waals surface area contributed by atoms with E-state index >= 15 is 0 Å². The van der Waals surface area contributed by atoms with E-state index in [4.69, 9.17) is 9.47 Å². The topological polar surface area (TPSA) is 65.4 Å². The molecule has 0 atom stereocenters. The summed E-state index contributed by atoms with van der Waals surface area (Å²) in [6.07, 6.45) is -0.0510. The number of nitrogens with zero attached hydrogens (tertiary/aromatic N) is 2. The third-order valence-corrected chi connectivity index (χ3v) is 3.50. The molecule has 0 radical (unpaired) electrons. The van der Waals surface area contributed by atoms with E-state index in [0.717, 1.165) is 6.07 Å². The molecule has 0 aliphatic rings. The van der Waals surface area contributed by atoms with Gasteiger partial charge < -0.3 is 19.4 Å². The van der Waals surface area contributed by atoms with Crippen LogP contribution in [0.5, 0.6) is 5.75 Å². The number of hydrogen-bond donors (Lipinski definition) is 1. The molecule has 1 aromatic heterocycles. The van der Waals surface area contributed by atoms with Crippen LogP contribution in [0.15, 0.2) is 6.07 Å². The number of amides is 1. The molecule has 0 fully saturated rings. The van der Waals surface area contributed by atoms with Gasteiger partial charge in [0.15, 0.2) is 11.6 Å². The Bertz CT molecular complexity index is 782. The maximum atomic E-state index is 14.3. The predicted octanol–water partition coefficient (Wildman–Crippen LogP) is 3.41. The first-order valence-corrected chi connectivity index (χ1v) is 8.05. The van der Waals surface area contributed by atoms with Gasteiger partial charge >= 0.3 is 6.09 Å². The molecular formula is C17H23F2N3O3. The maximum Gasteiger partial charge on any atom is 0.407 e. The molecule has 0 unspecified atom stereocenters. The van der Waals surface area contributed by atoms with Crippen molar-refractivity contribution in [3.8, 4) is 5.75 Å². The van der Waals surface area contributed by atoms with Gasteiger partial charge in [0.1, 0.15) is 28.2 Å². The number of halogens is 2. The van der Waals surface area contributed by atoms with E-state index in [0.29, 0.717) is 12.2 Å². The summed E-state index contributed by atoms with van der Waals surface area (Å²) < 4.78 is 40.0. The lowest BCUT2D eigenvalue weighted by molar-refractivity contribution is 0.0526. The third kappa shape index (κ3) is 4.18. The van der Waals surface area contributed by atoms with Crippen LogP contribution in [0.4, 0.5) is 13.6 Å². The van der Waals surface area contributed by atoms with Crippen molar-refractivity contribution in [3.05, 3.63) is 23.5 Å². The highest BCUT2D eigenvalue weighted by molar-refractivity contribution is 5.83. The smallest absolute Gasteiger partial charge is 0.407 e. The van der Waals surface area contributed by atoms with Gasteiger partial charge in [-0.1, -0.05) is 6.92 Å². The van der Waals surface area contributed by atoms with Crippen LogP contribution in [0.3, 0.4) is 0 Å². The average Bonchev–Trinajstić information content (AvgIpc) is 2.88. The summed E-state index contributed by atoms with van der Waals surface area (Å²) in [5, 5.41) is 2.60. The summed E-state index contributed by atoms with van der Waals surface area (Å²) >= 11 is 0. The first kappa shape index (κ1) is 19.0. The van der Waals surface area contributed by atoms with E-state index in [9.17, 15) is 13.6 Å². The van der Waals surface area contributed by atoms with Crippen LogP contribution in [0.2, 0.25) is 0 Å². The summed E-state index contributed by atoms with van der Waals surface area (Å²) in [5.74, 6) is -1.25. The Morgan fingerprint density at radius 3 is 2.60 bits per heavy atom. The molecule has 0 spiro atoms. The molecule has 1 heterocycles. The second-order valence-corrected chi connectivity index (χ2v) is 6.53. The van der Waals surface area contributed by atoms with Gasteiger partial charge in [0.05, 0.1) is 7.11 Å². The number of carbonyl (C=O) groups excluding carboxylic acids is 1. The Balaban J connectivity index is 2.28. The molecule has 0 aliphatic heterocycles. The Kier molecular flexibility index (Phi) is 5.49. The van der Waals surface area contributed by atoms with Crippen LogP contribution in [0.25, 0.3) is 11.0 Å². The number of hydrogen-bond acceptors (Lipinski definition) is 4. The number of aromatic nitrogens is 2. The van der Waals surface area contributed by atoms with Gasteiger partial charge in [-0.15, -0.1) is 0 Å². The van der Waals surface area contributed by atoms with Crippen LogP contribution in [0.1, 0.15) is 33.5 Å². The van der Waals surface area contributed by atoms with Gasteiger partial charge in [-0.25, -0.2) is 18.6 Å². The second-order valence-electron chi connectivity index (χ2n) is 6.53. The van der Waals surface area contributed by atoms with E-state index in [1.165, 1.54) is 7.11 Å². The van der Waals surface area contributed by atoms with Gasteiger partial charge in [-0.05, 0) is 20.8 Å². The standard InChI is InChI=1S/C17H23F2N3O3/c1-6-12-21-14-11(24-5)9-10(18)13(19)15(14)22(12)8-7-20-16(23)25-17(2,3)4/h9H,6-8H2,1-5H3,(H,20,23). The van der Waals surface area contributed by atoms with Crippen molar-refractivity contribution in [2.45, 2.75) is 46.3 Å². The van der Waals surface area contributed by atoms with E-state index in [1.807, 2.05) is 6.92 Å². The Morgan fingerprint density at radius 2 is 2.04 bits per heavy atom. The number of ether oxygens (including phenoxy) is 2. The Morgan fingerprint density at radius 1 is 1.36 bits per heavy atom. The van der Waals surface area contributed by atoms with E-state index in [1.54, 1.807) is 25.3 Å². The zero-order valence-electron chi connectivity index (χ0n) is 15.1. The number of carbonyl (C=O) groups is 1. The molecule has 1 N–H and O–H groups in total. The van der Waals surface area contributed by atoms with Crippen molar-refractivity contribution < 1.29 is 23.0 Å². The summed E-state index contributed by atoms with van der Waals surface area (Å²) in [6, 6.07) is 0.980. The van der Waals surface area contributed by atoms with Crippen molar-refractivity contribution >= 4 is 17.1 Å². The minimum Gasteiger partial charge on any atom is -0.494 e. The first-order chi connectivity index (χ1) is 11.7. The monoisotopic (exact) mass is 355 g/mol. The molecule has 0 saturated heterocycles. The molecule has 8 heteroatoms. The largest absolute Gasteiger partial charge is 0.494 e. The number of alkyl carbamates (subject to hydrolysis) is 1. The lowest BCUT2D eigenvalue weighted by Crippen LogP contribution is -2.34. The van der Waals surface area contributed by atoms with Gasteiger partial charge in [0.2, 0.25) is 0 Å². The second kappa shape index (κ2) is 7.25. The normalized spacial score (nSPS) is 11.6. The molecule has 25 heavy (non-hydrogen) atoms. The molecule has 138 valence electrons. The molecule has 1 aromatic carbocycles. The van der Waals surface area contributed by atoms with E-state index in [-0.39, 0.29) is 29.9 Å². The highest BCUT2D eigenvalue weighted by Gasteiger charge is 2.21.